The smallest absolute Gasteiger partial charge is 0.0454 e. The molecular formula is C15H20N2. The van der Waals surface area contributed by atoms with Crippen molar-refractivity contribution >= 4 is 10.9 Å². The molecule has 1 unspecified atom stereocenters. The molecule has 0 spiro atoms. The molecule has 0 aliphatic heterocycles. The minimum absolute atomic E-state index is 0.839. The molecule has 1 aliphatic carbocycles. The van der Waals surface area contributed by atoms with E-state index in [4.69, 9.17) is 0 Å². The largest absolute Gasteiger partial charge is 0.361 e. The normalized spacial score (nSPS) is 17.5. The fourth-order valence-corrected chi connectivity index (χ4v) is 2.49. The molecule has 17 heavy (non-hydrogen) atoms. The summed E-state index contributed by atoms with van der Waals surface area (Å²) < 4.78 is 0. The van der Waals surface area contributed by atoms with Crippen LogP contribution in [0.1, 0.15) is 25.3 Å². The third-order valence-electron chi connectivity index (χ3n) is 3.84. The minimum atomic E-state index is 0.839. The molecule has 1 aromatic heterocycles. The van der Waals surface area contributed by atoms with Crippen molar-refractivity contribution in [2.24, 2.45) is 11.8 Å². The first-order valence-corrected chi connectivity index (χ1v) is 6.59. The summed E-state index contributed by atoms with van der Waals surface area (Å²) in [5.74, 6) is 1.83. The number of aromatic amines is 1. The van der Waals surface area contributed by atoms with Gasteiger partial charge in [0, 0.05) is 18.3 Å². The monoisotopic (exact) mass is 228 g/mol. The zero-order valence-electron chi connectivity index (χ0n) is 10.4. The van der Waals surface area contributed by atoms with Crippen LogP contribution in [0.5, 0.6) is 0 Å². The van der Waals surface area contributed by atoms with Crippen LogP contribution in [0.25, 0.3) is 10.9 Å². The molecule has 2 heteroatoms. The van der Waals surface area contributed by atoms with E-state index in [0.29, 0.717) is 0 Å². The highest BCUT2D eigenvalue weighted by atomic mass is 14.9. The SMILES string of the molecule is CC(CNCc1ccc2[nH]ccc2c1)C1CC1. The van der Waals surface area contributed by atoms with Crippen molar-refractivity contribution in [3.05, 3.63) is 36.0 Å². The molecule has 1 aliphatic rings. The van der Waals surface area contributed by atoms with Gasteiger partial charge in [-0.05, 0) is 60.4 Å². The predicted octanol–water partition coefficient (Wildman–Crippen LogP) is 3.30. The molecule has 1 aromatic carbocycles. The maximum atomic E-state index is 3.57. The van der Waals surface area contributed by atoms with E-state index in [-0.39, 0.29) is 0 Å². The number of hydrogen-bond acceptors (Lipinski definition) is 1. The molecular weight excluding hydrogens is 208 g/mol. The second kappa shape index (κ2) is 4.53. The van der Waals surface area contributed by atoms with Crippen molar-refractivity contribution in [1.29, 1.82) is 0 Å². The van der Waals surface area contributed by atoms with Crippen molar-refractivity contribution in [1.82, 2.24) is 10.3 Å². The van der Waals surface area contributed by atoms with Crippen molar-refractivity contribution in [3.8, 4) is 0 Å². The predicted molar refractivity (Wildman–Crippen MR) is 71.9 cm³/mol. The van der Waals surface area contributed by atoms with E-state index in [1.54, 1.807) is 0 Å². The third-order valence-corrected chi connectivity index (χ3v) is 3.84. The topological polar surface area (TPSA) is 27.8 Å². The van der Waals surface area contributed by atoms with Gasteiger partial charge in [0.05, 0.1) is 0 Å². The molecule has 0 amide bonds. The van der Waals surface area contributed by atoms with Gasteiger partial charge in [-0.15, -0.1) is 0 Å². The number of nitrogens with one attached hydrogen (secondary N) is 2. The number of H-pyrrole nitrogens is 1. The van der Waals surface area contributed by atoms with E-state index >= 15 is 0 Å². The lowest BCUT2D eigenvalue weighted by Gasteiger charge is -2.11. The summed E-state index contributed by atoms with van der Waals surface area (Å²) in [5.41, 5.74) is 2.60. The summed E-state index contributed by atoms with van der Waals surface area (Å²) in [7, 11) is 0. The molecule has 2 nitrogen and oxygen atoms in total. The van der Waals surface area contributed by atoms with Crippen molar-refractivity contribution in [2.75, 3.05) is 6.54 Å². The van der Waals surface area contributed by atoms with E-state index in [2.05, 4.69) is 41.5 Å². The van der Waals surface area contributed by atoms with E-state index in [9.17, 15) is 0 Å². The molecule has 2 aromatic rings. The van der Waals surface area contributed by atoms with Crippen molar-refractivity contribution < 1.29 is 0 Å². The Morgan fingerprint density at radius 1 is 1.35 bits per heavy atom. The zero-order valence-corrected chi connectivity index (χ0v) is 10.4. The molecule has 1 saturated carbocycles. The fraction of sp³-hybridized carbons (Fsp3) is 0.467. The van der Waals surface area contributed by atoms with Crippen LogP contribution in [0.4, 0.5) is 0 Å². The van der Waals surface area contributed by atoms with Gasteiger partial charge in [-0.25, -0.2) is 0 Å². The molecule has 0 radical (unpaired) electrons. The van der Waals surface area contributed by atoms with E-state index in [1.807, 2.05) is 6.20 Å². The van der Waals surface area contributed by atoms with Gasteiger partial charge >= 0.3 is 0 Å². The first kappa shape index (κ1) is 10.8. The van der Waals surface area contributed by atoms with Gasteiger partial charge in [-0.1, -0.05) is 13.0 Å². The average Bonchev–Trinajstić information content (AvgIpc) is 3.08. The maximum absolute atomic E-state index is 3.57. The van der Waals surface area contributed by atoms with Crippen molar-refractivity contribution in [2.45, 2.75) is 26.3 Å². The minimum Gasteiger partial charge on any atom is -0.361 e. The molecule has 1 fully saturated rings. The maximum Gasteiger partial charge on any atom is 0.0454 e. The van der Waals surface area contributed by atoms with Crippen molar-refractivity contribution in [3.63, 3.8) is 0 Å². The van der Waals surface area contributed by atoms with Gasteiger partial charge in [0.2, 0.25) is 0 Å². The van der Waals surface area contributed by atoms with E-state index < -0.39 is 0 Å². The Balaban J connectivity index is 1.56. The summed E-state index contributed by atoms with van der Waals surface area (Å²) in [5, 5.41) is 4.87. The molecule has 3 rings (SSSR count). The van der Waals surface area contributed by atoms with E-state index in [0.717, 1.165) is 24.9 Å². The molecule has 0 bridgehead atoms. The number of benzene rings is 1. The highest BCUT2D eigenvalue weighted by Gasteiger charge is 2.27. The number of aromatic nitrogens is 1. The summed E-state index contributed by atoms with van der Waals surface area (Å²) in [6.45, 7) is 4.49. The summed E-state index contributed by atoms with van der Waals surface area (Å²) in [6.07, 6.45) is 4.88. The Hall–Kier alpha value is -1.28. The summed E-state index contributed by atoms with van der Waals surface area (Å²) in [4.78, 5) is 3.22. The molecule has 1 atom stereocenters. The first-order chi connectivity index (χ1) is 8.33. The number of hydrogen-bond donors (Lipinski definition) is 2. The van der Waals surface area contributed by atoms with E-state index in [1.165, 1.54) is 29.3 Å². The summed E-state index contributed by atoms with van der Waals surface area (Å²) in [6, 6.07) is 8.76. The highest BCUT2D eigenvalue weighted by molar-refractivity contribution is 5.79. The molecule has 90 valence electrons. The second-order valence-corrected chi connectivity index (χ2v) is 5.34. The lowest BCUT2D eigenvalue weighted by Crippen LogP contribution is -2.21. The van der Waals surface area contributed by atoms with Gasteiger partial charge in [0.1, 0.15) is 0 Å². The van der Waals surface area contributed by atoms with Crippen LogP contribution in [0.3, 0.4) is 0 Å². The quantitative estimate of drug-likeness (QED) is 0.807. The fourth-order valence-electron chi connectivity index (χ4n) is 2.49. The molecule has 0 saturated heterocycles. The highest BCUT2D eigenvalue weighted by Crippen LogP contribution is 2.36. The van der Waals surface area contributed by atoms with Gasteiger partial charge in [0.15, 0.2) is 0 Å². The van der Waals surface area contributed by atoms with Gasteiger partial charge in [-0.3, -0.25) is 0 Å². The van der Waals surface area contributed by atoms with Crippen LogP contribution in [0.15, 0.2) is 30.5 Å². The lowest BCUT2D eigenvalue weighted by atomic mass is 10.1. The van der Waals surface area contributed by atoms with Crippen LogP contribution in [-0.4, -0.2) is 11.5 Å². The van der Waals surface area contributed by atoms with Crippen LogP contribution < -0.4 is 5.32 Å². The second-order valence-electron chi connectivity index (χ2n) is 5.34. The Morgan fingerprint density at radius 3 is 3.06 bits per heavy atom. The summed E-state index contributed by atoms with van der Waals surface area (Å²) >= 11 is 0. The number of rotatable bonds is 5. The zero-order chi connectivity index (χ0) is 11.7. The molecule has 1 heterocycles. The van der Waals surface area contributed by atoms with Gasteiger partial charge < -0.3 is 10.3 Å². The Bertz CT molecular complexity index is 496. The first-order valence-electron chi connectivity index (χ1n) is 6.59. The van der Waals surface area contributed by atoms with Crippen LogP contribution in [-0.2, 0) is 6.54 Å². The van der Waals surface area contributed by atoms with Gasteiger partial charge in [-0.2, -0.15) is 0 Å². The van der Waals surface area contributed by atoms with Crippen LogP contribution >= 0.6 is 0 Å². The van der Waals surface area contributed by atoms with Gasteiger partial charge in [0.25, 0.3) is 0 Å². The molecule has 2 N–H and O–H groups in total. The lowest BCUT2D eigenvalue weighted by molar-refractivity contribution is 0.462. The Kier molecular flexibility index (Phi) is 2.89. The van der Waals surface area contributed by atoms with Crippen LogP contribution in [0, 0.1) is 11.8 Å². The Labute approximate surface area is 102 Å². The average molecular weight is 228 g/mol. The Morgan fingerprint density at radius 2 is 2.24 bits per heavy atom. The standard InChI is InChI=1S/C15H20N2/c1-11(13-3-4-13)9-16-10-12-2-5-15-14(8-12)6-7-17-15/h2,5-8,11,13,16-17H,3-4,9-10H2,1H3. The van der Waals surface area contributed by atoms with Crippen LogP contribution in [0.2, 0.25) is 0 Å². The number of fused-ring (bicyclic) bond motifs is 1. The third kappa shape index (κ3) is 2.52.